The number of nitrogens with zero attached hydrogens (tertiary/aromatic N) is 1. The Morgan fingerprint density at radius 2 is 1.86 bits per heavy atom. The first kappa shape index (κ1) is 35.2. The smallest absolute Gasteiger partial charge is 0.364 e. The van der Waals surface area contributed by atoms with Crippen LogP contribution in [-0.4, -0.2) is 69.1 Å². The largest absolute Gasteiger partial charge is 0.508 e. The number of ether oxygens (including phenoxy) is 4. The van der Waals surface area contributed by atoms with Gasteiger partial charge in [-0.25, -0.2) is 9.59 Å². The highest BCUT2D eigenvalue weighted by Gasteiger charge is 2.53. The van der Waals surface area contributed by atoms with Crippen molar-refractivity contribution in [1.29, 1.82) is 0 Å². The number of carbonyl (C=O) groups excluding carboxylic acids is 2. The van der Waals surface area contributed by atoms with E-state index in [2.05, 4.69) is 5.32 Å². The summed E-state index contributed by atoms with van der Waals surface area (Å²) < 4.78 is 30.6. The summed E-state index contributed by atoms with van der Waals surface area (Å²) in [6, 6.07) is 10.5. The van der Waals surface area contributed by atoms with Crippen LogP contribution >= 0.6 is 0 Å². The van der Waals surface area contributed by atoms with Crippen LogP contribution in [-0.2, 0) is 27.7 Å². The van der Waals surface area contributed by atoms with E-state index in [-0.39, 0.29) is 39.3 Å². The van der Waals surface area contributed by atoms with Crippen molar-refractivity contribution >= 4 is 28.5 Å². The molecule has 5 rings (SSSR count). The molecule has 49 heavy (non-hydrogen) atoms. The summed E-state index contributed by atoms with van der Waals surface area (Å²) in [5.74, 6) is -1.73. The number of aryl methyl sites for hydroxylation is 2. The Balaban J connectivity index is 1.41. The molecule has 13 heteroatoms. The number of anilines is 1. The van der Waals surface area contributed by atoms with E-state index in [4.69, 9.17) is 23.4 Å². The summed E-state index contributed by atoms with van der Waals surface area (Å²) in [7, 11) is 3.11. The maximum atomic E-state index is 13.1. The molecule has 0 bridgehead atoms. The van der Waals surface area contributed by atoms with Crippen molar-refractivity contribution in [3.8, 4) is 17.2 Å². The van der Waals surface area contributed by atoms with E-state index in [9.17, 15) is 29.7 Å². The molecule has 1 aliphatic heterocycles. The average Bonchev–Trinajstić information content (AvgIpc) is 3.48. The Kier molecular flexibility index (Phi) is 9.90. The minimum atomic E-state index is -1.50. The first-order valence-electron chi connectivity index (χ1n) is 15.6. The summed E-state index contributed by atoms with van der Waals surface area (Å²) in [5.41, 5.74) is -0.346. The summed E-state index contributed by atoms with van der Waals surface area (Å²) in [5, 5.41) is 35.2. The summed E-state index contributed by atoms with van der Waals surface area (Å²) in [4.78, 5) is 39.2. The Labute approximate surface area is 282 Å². The third-order valence-electron chi connectivity index (χ3n) is 8.47. The highest BCUT2D eigenvalue weighted by Crippen LogP contribution is 2.39. The van der Waals surface area contributed by atoms with Crippen LogP contribution in [0.1, 0.15) is 59.7 Å². The number of fused-ring (bicyclic) bond motifs is 1. The number of hydrogen-bond acceptors (Lipinski definition) is 11. The number of rotatable bonds is 9. The summed E-state index contributed by atoms with van der Waals surface area (Å²) >= 11 is 0. The van der Waals surface area contributed by atoms with Gasteiger partial charge in [0.15, 0.2) is 23.6 Å². The lowest BCUT2D eigenvalue weighted by atomic mass is 9.89. The number of benzene rings is 2. The van der Waals surface area contributed by atoms with Gasteiger partial charge in [0.05, 0.1) is 11.0 Å². The molecule has 13 nitrogen and oxygen atoms in total. The Hall–Kier alpha value is -5.11. The second-order valence-corrected chi connectivity index (χ2v) is 12.7. The minimum Gasteiger partial charge on any atom is -0.508 e. The van der Waals surface area contributed by atoms with Crippen LogP contribution in [0, 0.1) is 6.92 Å². The molecule has 0 saturated carbocycles. The number of methoxy groups -OCH3 is 1. The van der Waals surface area contributed by atoms with Crippen molar-refractivity contribution in [2.75, 3.05) is 12.4 Å². The monoisotopic (exact) mass is 676 g/mol. The number of aromatic hydroxyl groups is 2. The number of aliphatic hydroxyl groups excluding tert-OH is 1. The van der Waals surface area contributed by atoms with Gasteiger partial charge in [0.25, 0.3) is 5.91 Å². The minimum absolute atomic E-state index is 0.0208. The molecule has 260 valence electrons. The number of phenols is 1. The molecular weight excluding hydrogens is 636 g/mol. The quantitative estimate of drug-likeness (QED) is 0.109. The van der Waals surface area contributed by atoms with Crippen molar-refractivity contribution < 1.29 is 48.3 Å². The van der Waals surface area contributed by atoms with E-state index in [1.807, 2.05) is 19.9 Å². The first-order chi connectivity index (χ1) is 23.1. The van der Waals surface area contributed by atoms with Gasteiger partial charge in [-0.05, 0) is 89.1 Å². The van der Waals surface area contributed by atoms with Gasteiger partial charge in [0.1, 0.15) is 28.9 Å². The van der Waals surface area contributed by atoms with Gasteiger partial charge in [-0.1, -0.05) is 11.6 Å². The van der Waals surface area contributed by atoms with E-state index in [1.54, 1.807) is 50.7 Å². The van der Waals surface area contributed by atoms with Crippen molar-refractivity contribution in [1.82, 2.24) is 4.57 Å². The van der Waals surface area contributed by atoms with E-state index in [0.717, 1.165) is 5.57 Å². The fourth-order valence-corrected chi connectivity index (χ4v) is 5.79. The number of allylic oxidation sites excluding steroid dienone is 2. The molecule has 1 amide bonds. The van der Waals surface area contributed by atoms with Crippen molar-refractivity contribution in [3.63, 3.8) is 0 Å². The van der Waals surface area contributed by atoms with E-state index >= 15 is 0 Å². The number of nitrogens with one attached hydrogen (secondary N) is 1. The summed E-state index contributed by atoms with van der Waals surface area (Å²) in [6.45, 7) is 8.81. The molecule has 2 aromatic carbocycles. The molecule has 1 aliphatic rings. The lowest BCUT2D eigenvalue weighted by Crippen LogP contribution is -2.65. The van der Waals surface area contributed by atoms with Crippen molar-refractivity contribution in [2.45, 2.75) is 71.2 Å². The molecule has 0 aliphatic carbocycles. The summed E-state index contributed by atoms with van der Waals surface area (Å²) in [6.07, 6.45) is -0.917. The normalized spacial score (nSPS) is 20.1. The Morgan fingerprint density at radius 1 is 1.12 bits per heavy atom. The van der Waals surface area contributed by atoms with Crippen LogP contribution in [0.4, 0.5) is 5.69 Å². The second kappa shape index (κ2) is 13.8. The van der Waals surface area contributed by atoms with Crippen molar-refractivity contribution in [2.24, 2.45) is 7.05 Å². The molecule has 0 unspecified atom stereocenters. The highest BCUT2D eigenvalue weighted by molar-refractivity contribution is 6.06. The molecule has 2 aromatic heterocycles. The fraction of sp³-hybridized carbons (Fsp3) is 0.361. The number of phenolic OH excluding ortho intramolecular Hbond substituents is 1. The fourth-order valence-electron chi connectivity index (χ4n) is 5.79. The zero-order chi connectivity index (χ0) is 35.8. The molecule has 1 fully saturated rings. The number of aromatic nitrogens is 1. The maximum Gasteiger partial charge on any atom is 0.364 e. The highest BCUT2D eigenvalue weighted by atomic mass is 16.7. The van der Waals surface area contributed by atoms with E-state index in [1.165, 1.54) is 37.4 Å². The van der Waals surface area contributed by atoms with Gasteiger partial charge in [-0.3, -0.25) is 4.79 Å². The van der Waals surface area contributed by atoms with Crippen LogP contribution < -0.4 is 15.7 Å². The van der Waals surface area contributed by atoms with Gasteiger partial charge >= 0.3 is 11.6 Å². The molecule has 0 radical (unpaired) electrons. The third-order valence-corrected chi connectivity index (χ3v) is 8.47. The zero-order valence-electron chi connectivity index (χ0n) is 28.3. The molecule has 0 spiro atoms. The molecular formula is C36H40N2O11. The zero-order valence-corrected chi connectivity index (χ0v) is 28.3. The predicted molar refractivity (Wildman–Crippen MR) is 179 cm³/mol. The van der Waals surface area contributed by atoms with Crippen molar-refractivity contribution in [3.05, 3.63) is 93.1 Å². The average molecular weight is 677 g/mol. The molecule has 4 aromatic rings. The number of aliphatic hydroxyl groups is 1. The van der Waals surface area contributed by atoms with Gasteiger partial charge in [0.2, 0.25) is 6.29 Å². The number of amides is 1. The van der Waals surface area contributed by atoms with Gasteiger partial charge in [0, 0.05) is 31.5 Å². The lowest BCUT2D eigenvalue weighted by Gasteiger charge is -2.47. The van der Waals surface area contributed by atoms with Crippen LogP contribution in [0.3, 0.4) is 0 Å². The third kappa shape index (κ3) is 7.05. The van der Waals surface area contributed by atoms with E-state index < -0.39 is 59.1 Å². The molecule has 4 atom stereocenters. The Morgan fingerprint density at radius 3 is 2.51 bits per heavy atom. The molecule has 3 heterocycles. The lowest BCUT2D eigenvalue weighted by molar-refractivity contribution is -0.305. The van der Waals surface area contributed by atoms with Crippen LogP contribution in [0.25, 0.3) is 11.0 Å². The van der Waals surface area contributed by atoms with Crippen LogP contribution in [0.5, 0.6) is 17.2 Å². The van der Waals surface area contributed by atoms with Crippen LogP contribution in [0.2, 0.25) is 0 Å². The molecule has 4 N–H and O–H groups in total. The number of hydrogen-bond donors (Lipinski definition) is 4. The number of esters is 1. The standard InChI is InChI=1S/C36H40N2O11/c1-18(2)10-11-20-17-21(12-14-24(20)39)32(42)37-26-27(40)22-13-15-25(19(3)29(22)47-34(26)44)46-35-28(41)30(31(45-7)36(4,5)49-35)48-33(43)23-9-8-16-38(23)6/h8-10,12-17,28,30-31,35,39-41H,11H2,1-7H3,(H,37,42)/t28-,30+,31-,35-/m1/s1. The van der Waals surface area contributed by atoms with Gasteiger partial charge in [-0.15, -0.1) is 0 Å². The Bertz CT molecular complexity index is 1990. The first-order valence-corrected chi connectivity index (χ1v) is 15.6. The van der Waals surface area contributed by atoms with Gasteiger partial charge in [-0.2, -0.15) is 0 Å². The topological polar surface area (TPSA) is 179 Å². The van der Waals surface area contributed by atoms with Gasteiger partial charge < -0.3 is 48.6 Å². The predicted octanol–water partition coefficient (Wildman–Crippen LogP) is 4.73. The second-order valence-electron chi connectivity index (χ2n) is 12.7. The number of carbonyl (C=O) groups is 2. The van der Waals surface area contributed by atoms with E-state index in [0.29, 0.717) is 12.0 Å². The molecule has 1 saturated heterocycles. The maximum absolute atomic E-state index is 13.1. The SMILES string of the molecule is CO[C@@H]1[C@@H](OC(=O)c2cccn2C)[C@@H](O)[C@H](Oc2ccc3c(O)c(NC(=O)c4ccc(O)c(CC=C(C)C)c4)c(=O)oc3c2C)OC1(C)C. The van der Waals surface area contributed by atoms with Crippen LogP contribution in [0.15, 0.2) is 69.5 Å².